The molecular weight excluding hydrogens is 238 g/mol. The number of ether oxygens (including phenoxy) is 2. The summed E-state index contributed by atoms with van der Waals surface area (Å²) in [5, 5.41) is 0. The molecule has 0 aliphatic heterocycles. The summed E-state index contributed by atoms with van der Waals surface area (Å²) in [6.45, 7) is 3.45. The standard InChI is InChI=1S/C16H27NO2/c1-3-4-5-6-7-8-12-19-16-14(13-17)10-9-11-15(16)18-2/h9-11H,3-8,12-13,17H2,1-2H3. The molecule has 0 saturated heterocycles. The topological polar surface area (TPSA) is 44.5 Å². The zero-order chi connectivity index (χ0) is 13.9. The fourth-order valence-corrected chi connectivity index (χ4v) is 2.10. The molecular formula is C16H27NO2. The van der Waals surface area contributed by atoms with Crippen LogP contribution >= 0.6 is 0 Å². The van der Waals surface area contributed by atoms with Gasteiger partial charge in [-0.05, 0) is 12.5 Å². The third-order valence-electron chi connectivity index (χ3n) is 3.24. The first-order chi connectivity index (χ1) is 9.33. The monoisotopic (exact) mass is 265 g/mol. The lowest BCUT2D eigenvalue weighted by atomic mass is 10.1. The molecule has 0 aliphatic rings. The number of benzene rings is 1. The van der Waals surface area contributed by atoms with Crippen molar-refractivity contribution in [1.29, 1.82) is 0 Å². The van der Waals surface area contributed by atoms with Gasteiger partial charge in [0.2, 0.25) is 0 Å². The molecule has 0 radical (unpaired) electrons. The van der Waals surface area contributed by atoms with E-state index in [0.29, 0.717) is 6.54 Å². The van der Waals surface area contributed by atoms with Gasteiger partial charge in [-0.25, -0.2) is 0 Å². The molecule has 0 unspecified atom stereocenters. The molecule has 0 heterocycles. The van der Waals surface area contributed by atoms with Crippen LogP contribution in [0.2, 0.25) is 0 Å². The van der Waals surface area contributed by atoms with Gasteiger partial charge in [-0.1, -0.05) is 51.2 Å². The van der Waals surface area contributed by atoms with E-state index < -0.39 is 0 Å². The van der Waals surface area contributed by atoms with Crippen molar-refractivity contribution >= 4 is 0 Å². The molecule has 1 rings (SSSR count). The Labute approximate surface area is 117 Å². The molecule has 0 bridgehead atoms. The van der Waals surface area contributed by atoms with Crippen molar-refractivity contribution in [3.8, 4) is 11.5 Å². The molecule has 0 aromatic heterocycles. The molecule has 3 nitrogen and oxygen atoms in total. The third-order valence-corrected chi connectivity index (χ3v) is 3.24. The largest absolute Gasteiger partial charge is 0.493 e. The van der Waals surface area contributed by atoms with Crippen LogP contribution in [0.5, 0.6) is 11.5 Å². The van der Waals surface area contributed by atoms with E-state index in [1.54, 1.807) is 7.11 Å². The molecule has 0 atom stereocenters. The molecule has 108 valence electrons. The highest BCUT2D eigenvalue weighted by molar-refractivity contribution is 5.46. The number of hydrogen-bond acceptors (Lipinski definition) is 3. The summed E-state index contributed by atoms with van der Waals surface area (Å²) in [6.07, 6.45) is 7.58. The number of unbranched alkanes of at least 4 members (excludes halogenated alkanes) is 5. The average molecular weight is 265 g/mol. The van der Waals surface area contributed by atoms with E-state index in [1.807, 2.05) is 18.2 Å². The molecule has 0 fully saturated rings. The zero-order valence-electron chi connectivity index (χ0n) is 12.3. The highest BCUT2D eigenvalue weighted by atomic mass is 16.5. The Kier molecular flexibility index (Phi) is 8.07. The Morgan fingerprint density at radius 1 is 1.05 bits per heavy atom. The fourth-order valence-electron chi connectivity index (χ4n) is 2.10. The lowest BCUT2D eigenvalue weighted by molar-refractivity contribution is 0.282. The van der Waals surface area contributed by atoms with Gasteiger partial charge in [0.05, 0.1) is 13.7 Å². The van der Waals surface area contributed by atoms with Gasteiger partial charge in [0.1, 0.15) is 0 Å². The van der Waals surface area contributed by atoms with Crippen molar-refractivity contribution in [3.05, 3.63) is 23.8 Å². The molecule has 19 heavy (non-hydrogen) atoms. The van der Waals surface area contributed by atoms with Crippen LogP contribution in [-0.2, 0) is 6.54 Å². The Bertz CT molecular complexity index is 330. The van der Waals surface area contributed by atoms with Gasteiger partial charge in [-0.2, -0.15) is 0 Å². The Morgan fingerprint density at radius 2 is 1.79 bits per heavy atom. The second-order valence-corrected chi connectivity index (χ2v) is 4.77. The van der Waals surface area contributed by atoms with Crippen LogP contribution in [0.25, 0.3) is 0 Å². The average Bonchev–Trinajstić information content (AvgIpc) is 2.46. The molecule has 0 spiro atoms. The minimum Gasteiger partial charge on any atom is -0.493 e. The van der Waals surface area contributed by atoms with Gasteiger partial charge in [-0.15, -0.1) is 0 Å². The summed E-state index contributed by atoms with van der Waals surface area (Å²) in [5.41, 5.74) is 6.73. The van der Waals surface area contributed by atoms with Gasteiger partial charge in [-0.3, -0.25) is 0 Å². The summed E-state index contributed by atoms with van der Waals surface area (Å²) in [5.74, 6) is 1.58. The predicted molar refractivity (Wildman–Crippen MR) is 79.8 cm³/mol. The van der Waals surface area contributed by atoms with Gasteiger partial charge in [0.25, 0.3) is 0 Å². The summed E-state index contributed by atoms with van der Waals surface area (Å²) < 4.78 is 11.2. The maximum Gasteiger partial charge on any atom is 0.165 e. The van der Waals surface area contributed by atoms with Crippen LogP contribution < -0.4 is 15.2 Å². The van der Waals surface area contributed by atoms with E-state index in [0.717, 1.165) is 30.1 Å². The van der Waals surface area contributed by atoms with Gasteiger partial charge < -0.3 is 15.2 Å². The molecule has 3 heteroatoms. The fraction of sp³-hybridized carbons (Fsp3) is 0.625. The van der Waals surface area contributed by atoms with E-state index in [-0.39, 0.29) is 0 Å². The molecule has 0 saturated carbocycles. The number of rotatable bonds is 10. The molecule has 1 aromatic carbocycles. The smallest absolute Gasteiger partial charge is 0.165 e. The molecule has 2 N–H and O–H groups in total. The maximum absolute atomic E-state index is 5.85. The first kappa shape index (κ1) is 15.8. The Morgan fingerprint density at radius 3 is 2.47 bits per heavy atom. The Balaban J connectivity index is 2.35. The van der Waals surface area contributed by atoms with Crippen LogP contribution in [0, 0.1) is 0 Å². The van der Waals surface area contributed by atoms with E-state index in [9.17, 15) is 0 Å². The second kappa shape index (κ2) is 9.68. The third kappa shape index (κ3) is 5.52. The van der Waals surface area contributed by atoms with Crippen molar-refractivity contribution in [1.82, 2.24) is 0 Å². The van der Waals surface area contributed by atoms with E-state index in [1.165, 1.54) is 32.1 Å². The molecule has 1 aromatic rings. The van der Waals surface area contributed by atoms with Crippen LogP contribution in [0.3, 0.4) is 0 Å². The number of para-hydroxylation sites is 1. The normalized spacial score (nSPS) is 10.5. The van der Waals surface area contributed by atoms with Gasteiger partial charge in [0.15, 0.2) is 11.5 Å². The summed E-state index contributed by atoms with van der Waals surface area (Å²) in [7, 11) is 1.66. The predicted octanol–water partition coefficient (Wildman–Crippen LogP) is 3.89. The molecule has 0 aliphatic carbocycles. The molecule has 0 amide bonds. The van der Waals surface area contributed by atoms with Crippen LogP contribution in [-0.4, -0.2) is 13.7 Å². The lowest BCUT2D eigenvalue weighted by Gasteiger charge is -2.14. The highest BCUT2D eigenvalue weighted by Crippen LogP contribution is 2.30. The van der Waals surface area contributed by atoms with E-state index in [2.05, 4.69) is 6.92 Å². The maximum atomic E-state index is 5.85. The van der Waals surface area contributed by atoms with Crippen molar-refractivity contribution in [3.63, 3.8) is 0 Å². The number of nitrogens with two attached hydrogens (primary N) is 1. The van der Waals surface area contributed by atoms with Crippen LogP contribution in [0.1, 0.15) is 51.0 Å². The second-order valence-electron chi connectivity index (χ2n) is 4.77. The van der Waals surface area contributed by atoms with E-state index in [4.69, 9.17) is 15.2 Å². The number of hydrogen-bond donors (Lipinski definition) is 1. The zero-order valence-corrected chi connectivity index (χ0v) is 12.3. The van der Waals surface area contributed by atoms with Crippen molar-refractivity contribution < 1.29 is 9.47 Å². The van der Waals surface area contributed by atoms with E-state index >= 15 is 0 Å². The van der Waals surface area contributed by atoms with Crippen molar-refractivity contribution in [2.75, 3.05) is 13.7 Å². The Hall–Kier alpha value is -1.22. The summed E-state index contributed by atoms with van der Waals surface area (Å²) in [4.78, 5) is 0. The summed E-state index contributed by atoms with van der Waals surface area (Å²) >= 11 is 0. The minimum atomic E-state index is 0.475. The highest BCUT2D eigenvalue weighted by Gasteiger charge is 2.08. The van der Waals surface area contributed by atoms with Gasteiger partial charge >= 0.3 is 0 Å². The SMILES string of the molecule is CCCCCCCCOc1c(CN)cccc1OC. The quantitative estimate of drug-likeness (QED) is 0.653. The van der Waals surface area contributed by atoms with Gasteiger partial charge in [0, 0.05) is 12.1 Å². The van der Waals surface area contributed by atoms with Crippen molar-refractivity contribution in [2.45, 2.75) is 52.0 Å². The van der Waals surface area contributed by atoms with Crippen LogP contribution in [0.15, 0.2) is 18.2 Å². The van der Waals surface area contributed by atoms with Crippen molar-refractivity contribution in [2.24, 2.45) is 5.73 Å². The van der Waals surface area contributed by atoms with Crippen LogP contribution in [0.4, 0.5) is 0 Å². The first-order valence-corrected chi connectivity index (χ1v) is 7.32. The minimum absolute atomic E-state index is 0.475. The summed E-state index contributed by atoms with van der Waals surface area (Å²) in [6, 6.07) is 5.84. The lowest BCUT2D eigenvalue weighted by Crippen LogP contribution is -2.05. The first-order valence-electron chi connectivity index (χ1n) is 7.32. The number of methoxy groups -OCH3 is 1.